The molecular weight excluding hydrogens is 272 g/mol. The Balaban J connectivity index is 3.48. The molecule has 0 aliphatic carbocycles. The van der Waals surface area contributed by atoms with Crippen LogP contribution in [0.3, 0.4) is 0 Å². The Morgan fingerprint density at radius 1 is 0.941 bits per heavy atom. The van der Waals surface area contributed by atoms with Gasteiger partial charge in [0, 0.05) is 0 Å². The van der Waals surface area contributed by atoms with Gasteiger partial charge in [-0.3, -0.25) is 0 Å². The Bertz CT molecular complexity index is 350. The highest BCUT2D eigenvalue weighted by molar-refractivity contribution is 9.09. The molecule has 0 saturated heterocycles. The van der Waals surface area contributed by atoms with E-state index >= 15 is 0 Å². The second-order valence-corrected chi connectivity index (χ2v) is 6.36. The minimum absolute atomic E-state index is 0.164. The van der Waals surface area contributed by atoms with Crippen LogP contribution < -0.4 is 0 Å². The summed E-state index contributed by atoms with van der Waals surface area (Å²) in [6.07, 6.45) is 4.54. The summed E-state index contributed by atoms with van der Waals surface area (Å²) in [6.45, 7) is 11.3. The number of hydrogen-bond donors (Lipinski definition) is 0. The van der Waals surface area contributed by atoms with Crippen LogP contribution in [0.15, 0.2) is 12.1 Å². The van der Waals surface area contributed by atoms with Gasteiger partial charge in [0.05, 0.1) is 4.32 Å². The number of alkyl halides is 1. The maximum Gasteiger partial charge on any atom is 0.0506 e. The molecule has 1 aromatic rings. The number of aryl methyl sites for hydroxylation is 3. The summed E-state index contributed by atoms with van der Waals surface area (Å²) in [7, 11) is 0. The van der Waals surface area contributed by atoms with Crippen molar-refractivity contribution in [2.75, 3.05) is 0 Å². The van der Waals surface area contributed by atoms with Crippen molar-refractivity contribution in [3.05, 3.63) is 34.4 Å². The molecule has 0 radical (unpaired) electrons. The van der Waals surface area contributed by atoms with E-state index in [-0.39, 0.29) is 4.32 Å². The predicted molar refractivity (Wildman–Crippen MR) is 81.1 cm³/mol. The lowest BCUT2D eigenvalue weighted by Gasteiger charge is -2.30. The van der Waals surface area contributed by atoms with Crippen molar-refractivity contribution in [2.45, 2.75) is 64.6 Å². The first-order valence-corrected chi connectivity index (χ1v) is 7.63. The zero-order chi connectivity index (χ0) is 13.1. The van der Waals surface area contributed by atoms with E-state index < -0.39 is 0 Å². The van der Waals surface area contributed by atoms with Gasteiger partial charge < -0.3 is 0 Å². The molecule has 0 fully saturated rings. The zero-order valence-electron chi connectivity index (χ0n) is 11.9. The SMILES string of the molecule is CCc1cc(C)cc(CC)c1C(Br)(CC)CC. The van der Waals surface area contributed by atoms with E-state index in [1.54, 1.807) is 5.56 Å². The molecule has 0 aromatic heterocycles. The Labute approximate surface area is 115 Å². The summed E-state index contributed by atoms with van der Waals surface area (Å²) in [5, 5.41) is 0. The standard InChI is InChI=1S/C16H25Br/c1-6-13-10-12(5)11-14(7-2)15(13)16(17,8-3)9-4/h10-11H,6-9H2,1-5H3. The fraction of sp³-hybridized carbons (Fsp3) is 0.625. The molecule has 0 spiro atoms. The molecule has 0 atom stereocenters. The fourth-order valence-corrected chi connectivity index (χ4v) is 3.19. The monoisotopic (exact) mass is 296 g/mol. The van der Waals surface area contributed by atoms with Crippen LogP contribution in [-0.4, -0.2) is 0 Å². The molecule has 1 rings (SSSR count). The molecule has 96 valence electrons. The van der Waals surface area contributed by atoms with Gasteiger partial charge >= 0.3 is 0 Å². The quantitative estimate of drug-likeness (QED) is 0.627. The number of benzene rings is 1. The molecule has 0 aliphatic rings. The Hall–Kier alpha value is -0.300. The second-order valence-electron chi connectivity index (χ2n) is 4.84. The van der Waals surface area contributed by atoms with Crippen LogP contribution >= 0.6 is 15.9 Å². The first kappa shape index (κ1) is 14.8. The molecule has 1 heteroatoms. The third-order valence-electron chi connectivity index (χ3n) is 3.78. The highest BCUT2D eigenvalue weighted by atomic mass is 79.9. The molecule has 0 aliphatic heterocycles. The van der Waals surface area contributed by atoms with Crippen molar-refractivity contribution in [1.82, 2.24) is 0 Å². The third-order valence-corrected chi connectivity index (χ3v) is 5.29. The maximum absolute atomic E-state index is 4.00. The molecular formula is C16H25Br. The first-order chi connectivity index (χ1) is 8.02. The van der Waals surface area contributed by atoms with Gasteiger partial charge in [-0.15, -0.1) is 0 Å². The topological polar surface area (TPSA) is 0 Å². The van der Waals surface area contributed by atoms with Crippen LogP contribution in [0.2, 0.25) is 0 Å². The molecule has 1 aromatic carbocycles. The molecule has 0 saturated carbocycles. The molecule has 0 unspecified atom stereocenters. The van der Waals surface area contributed by atoms with Crippen LogP contribution in [0.1, 0.15) is 62.8 Å². The van der Waals surface area contributed by atoms with Crippen molar-refractivity contribution in [3.8, 4) is 0 Å². The van der Waals surface area contributed by atoms with Crippen LogP contribution in [-0.2, 0) is 17.2 Å². The molecule has 0 heterocycles. The van der Waals surface area contributed by atoms with Crippen molar-refractivity contribution in [2.24, 2.45) is 0 Å². The van der Waals surface area contributed by atoms with E-state index in [1.165, 1.54) is 16.7 Å². The lowest BCUT2D eigenvalue weighted by molar-refractivity contribution is 0.582. The van der Waals surface area contributed by atoms with Gasteiger partial charge in [0.15, 0.2) is 0 Å². The van der Waals surface area contributed by atoms with Crippen LogP contribution in [0.5, 0.6) is 0 Å². The highest BCUT2D eigenvalue weighted by Gasteiger charge is 2.29. The smallest absolute Gasteiger partial charge is 0.0506 e. The fourth-order valence-electron chi connectivity index (χ4n) is 2.68. The van der Waals surface area contributed by atoms with E-state index in [0.717, 1.165) is 25.7 Å². The van der Waals surface area contributed by atoms with Crippen LogP contribution in [0, 0.1) is 6.92 Å². The Morgan fingerprint density at radius 3 is 1.65 bits per heavy atom. The largest absolute Gasteiger partial charge is 0.0801 e. The van der Waals surface area contributed by atoms with Gasteiger partial charge in [-0.2, -0.15) is 0 Å². The minimum Gasteiger partial charge on any atom is -0.0801 e. The number of rotatable bonds is 5. The van der Waals surface area contributed by atoms with E-state index in [1.807, 2.05) is 0 Å². The summed E-state index contributed by atoms with van der Waals surface area (Å²) in [5.74, 6) is 0. The van der Waals surface area contributed by atoms with Gasteiger partial charge in [0.25, 0.3) is 0 Å². The third kappa shape index (κ3) is 2.93. The van der Waals surface area contributed by atoms with E-state index in [4.69, 9.17) is 0 Å². The summed E-state index contributed by atoms with van der Waals surface area (Å²) in [5.41, 5.74) is 5.98. The van der Waals surface area contributed by atoms with E-state index in [9.17, 15) is 0 Å². The average Bonchev–Trinajstić information content (AvgIpc) is 2.36. The van der Waals surface area contributed by atoms with Gasteiger partial charge in [-0.05, 0) is 49.3 Å². The Morgan fingerprint density at radius 2 is 1.35 bits per heavy atom. The normalized spacial score (nSPS) is 11.9. The van der Waals surface area contributed by atoms with Crippen LogP contribution in [0.25, 0.3) is 0 Å². The average molecular weight is 297 g/mol. The molecule has 0 amide bonds. The summed E-state index contributed by atoms with van der Waals surface area (Å²) < 4.78 is 0.164. The molecule has 0 N–H and O–H groups in total. The van der Waals surface area contributed by atoms with Gasteiger partial charge in [-0.1, -0.05) is 61.3 Å². The summed E-state index contributed by atoms with van der Waals surface area (Å²) in [6, 6.07) is 4.71. The van der Waals surface area contributed by atoms with Gasteiger partial charge in [-0.25, -0.2) is 0 Å². The van der Waals surface area contributed by atoms with E-state index in [2.05, 4.69) is 62.7 Å². The molecule has 0 bridgehead atoms. The van der Waals surface area contributed by atoms with Crippen molar-refractivity contribution in [1.29, 1.82) is 0 Å². The molecule has 17 heavy (non-hydrogen) atoms. The van der Waals surface area contributed by atoms with Crippen molar-refractivity contribution < 1.29 is 0 Å². The lowest BCUT2D eigenvalue weighted by Crippen LogP contribution is -2.20. The van der Waals surface area contributed by atoms with Gasteiger partial charge in [0.2, 0.25) is 0 Å². The number of halogens is 1. The number of hydrogen-bond acceptors (Lipinski definition) is 0. The highest BCUT2D eigenvalue weighted by Crippen LogP contribution is 2.42. The summed E-state index contributed by atoms with van der Waals surface area (Å²) in [4.78, 5) is 0. The van der Waals surface area contributed by atoms with Crippen LogP contribution in [0.4, 0.5) is 0 Å². The second kappa shape index (κ2) is 6.04. The Kier molecular flexibility index (Phi) is 5.24. The maximum atomic E-state index is 4.00. The predicted octanol–water partition coefficient (Wildman–Crippen LogP) is 5.53. The van der Waals surface area contributed by atoms with Crippen molar-refractivity contribution >= 4 is 15.9 Å². The minimum atomic E-state index is 0.164. The van der Waals surface area contributed by atoms with E-state index in [0.29, 0.717) is 0 Å². The lowest BCUT2D eigenvalue weighted by atomic mass is 9.83. The first-order valence-electron chi connectivity index (χ1n) is 6.84. The molecule has 0 nitrogen and oxygen atoms in total. The van der Waals surface area contributed by atoms with Gasteiger partial charge in [0.1, 0.15) is 0 Å². The van der Waals surface area contributed by atoms with Crippen molar-refractivity contribution in [3.63, 3.8) is 0 Å². The summed E-state index contributed by atoms with van der Waals surface area (Å²) >= 11 is 4.00. The zero-order valence-corrected chi connectivity index (χ0v) is 13.4.